The molecule has 10 rings (SSSR count). The van der Waals surface area contributed by atoms with Crippen LogP contribution in [0.3, 0.4) is 0 Å². The minimum Gasteiger partial charge on any atom is -0.310 e. The monoisotopic (exact) mass is 664 g/mol. The van der Waals surface area contributed by atoms with Crippen LogP contribution in [-0.2, 0) is 0 Å². The van der Waals surface area contributed by atoms with Gasteiger partial charge in [-0.2, -0.15) is 0 Å². The lowest BCUT2D eigenvalue weighted by Crippen LogP contribution is -2.10. The van der Waals surface area contributed by atoms with Crippen molar-refractivity contribution in [2.75, 3.05) is 4.90 Å². The highest BCUT2D eigenvalue weighted by Crippen LogP contribution is 2.43. The molecule has 0 aliphatic rings. The number of pyridine rings is 1. The van der Waals surface area contributed by atoms with Crippen LogP contribution in [0.4, 0.5) is 17.1 Å². The summed E-state index contributed by atoms with van der Waals surface area (Å²) in [7, 11) is 0. The predicted octanol–water partition coefficient (Wildman–Crippen LogP) is 12.6. The maximum Gasteiger partial charge on any atom is 0.164 e. The molecule has 0 unspecified atom stereocenters. The number of nitrogens with zero attached hydrogens (tertiary/aromatic N) is 4. The Labute approximate surface area is 301 Å². The van der Waals surface area contributed by atoms with Gasteiger partial charge >= 0.3 is 0 Å². The zero-order chi connectivity index (χ0) is 34.4. The van der Waals surface area contributed by atoms with Crippen LogP contribution in [-0.4, -0.2) is 14.5 Å². The smallest absolute Gasteiger partial charge is 0.164 e. The largest absolute Gasteiger partial charge is 0.310 e. The fourth-order valence-corrected chi connectivity index (χ4v) is 7.63. The third-order valence-electron chi connectivity index (χ3n) is 10.0. The highest BCUT2D eigenvalue weighted by Gasteiger charge is 2.19. The van der Waals surface area contributed by atoms with Crippen molar-refractivity contribution in [3.05, 3.63) is 194 Å². The molecule has 2 heterocycles. The van der Waals surface area contributed by atoms with Gasteiger partial charge in [-0.15, -0.1) is 0 Å². The van der Waals surface area contributed by atoms with Crippen molar-refractivity contribution < 1.29 is 0 Å². The first-order valence-corrected chi connectivity index (χ1v) is 17.6. The Hall–Kier alpha value is -7.04. The van der Waals surface area contributed by atoms with Gasteiger partial charge in [0.1, 0.15) is 11.3 Å². The maximum atomic E-state index is 5.03. The number of hydrogen-bond donors (Lipinski definition) is 0. The number of fused-ring (bicyclic) bond motifs is 1. The molecule has 0 fully saturated rings. The molecule has 0 bridgehead atoms. The number of benzene rings is 8. The van der Waals surface area contributed by atoms with E-state index in [1.165, 1.54) is 32.3 Å². The Kier molecular flexibility index (Phi) is 7.10. The van der Waals surface area contributed by atoms with Crippen molar-refractivity contribution in [1.82, 2.24) is 14.5 Å². The molecular weight excluding hydrogens is 633 g/mol. The van der Waals surface area contributed by atoms with Crippen molar-refractivity contribution in [2.24, 2.45) is 0 Å². The van der Waals surface area contributed by atoms with E-state index in [4.69, 9.17) is 9.97 Å². The molecular formula is C48H32N4. The molecule has 4 nitrogen and oxygen atoms in total. The van der Waals surface area contributed by atoms with Gasteiger partial charge in [0.05, 0.1) is 11.4 Å². The maximum absolute atomic E-state index is 5.03. The first kappa shape index (κ1) is 29.8. The molecule has 0 atom stereocenters. The minimum atomic E-state index is 0.820. The Morgan fingerprint density at radius 3 is 1.98 bits per heavy atom. The quantitative estimate of drug-likeness (QED) is 0.159. The van der Waals surface area contributed by atoms with E-state index in [1.54, 1.807) is 0 Å². The van der Waals surface area contributed by atoms with Crippen molar-refractivity contribution in [3.63, 3.8) is 0 Å². The van der Waals surface area contributed by atoms with E-state index in [0.29, 0.717) is 0 Å². The van der Waals surface area contributed by atoms with E-state index in [0.717, 1.165) is 56.4 Å². The van der Waals surface area contributed by atoms with Gasteiger partial charge in [-0.1, -0.05) is 133 Å². The molecule has 52 heavy (non-hydrogen) atoms. The van der Waals surface area contributed by atoms with Crippen LogP contribution in [0.15, 0.2) is 182 Å². The van der Waals surface area contributed by atoms with Crippen molar-refractivity contribution >= 4 is 72.7 Å². The Bertz CT molecular complexity index is 2870. The zero-order valence-electron chi connectivity index (χ0n) is 28.3. The molecule has 0 radical (unpaired) electrons. The summed E-state index contributed by atoms with van der Waals surface area (Å²) in [6, 6.07) is 62.4. The summed E-state index contributed by atoms with van der Waals surface area (Å²) in [5.41, 5.74) is 9.42. The van der Waals surface area contributed by atoms with Gasteiger partial charge in [0.2, 0.25) is 0 Å². The summed E-state index contributed by atoms with van der Waals surface area (Å²) in [6.07, 6.45) is 6.06. The topological polar surface area (TPSA) is 34.0 Å². The van der Waals surface area contributed by atoms with Gasteiger partial charge in [-0.3, -0.25) is 4.57 Å². The Morgan fingerprint density at radius 2 is 1.17 bits per heavy atom. The summed E-state index contributed by atoms with van der Waals surface area (Å²) in [5.74, 6) is 0.820. The van der Waals surface area contributed by atoms with Crippen LogP contribution in [0.2, 0.25) is 0 Å². The second-order valence-electron chi connectivity index (χ2n) is 13.1. The average Bonchev–Trinajstić information content (AvgIpc) is 3.59. The molecule has 0 saturated carbocycles. The standard InChI is InChI=1S/C48H32N4/c1-3-11-34(12-4-1)40-17-7-8-19-43(40)52-45(50-42-18-10-32-49-48(42)52)31-22-33-20-27-39(28-21-33)51(38-15-5-2-6-16-38)44-30-26-37-24-23-35-13-9-14-36-25-29-41(44)47(37)46(35)36/h1-32H/b31-22+. The summed E-state index contributed by atoms with van der Waals surface area (Å²) in [4.78, 5) is 12.2. The third kappa shape index (κ3) is 5.00. The number of para-hydroxylation sites is 2. The molecule has 10 aromatic rings. The fourth-order valence-electron chi connectivity index (χ4n) is 7.63. The highest BCUT2D eigenvalue weighted by atomic mass is 15.1. The van der Waals surface area contributed by atoms with Gasteiger partial charge in [-0.25, -0.2) is 9.97 Å². The van der Waals surface area contributed by atoms with Gasteiger partial charge in [0.25, 0.3) is 0 Å². The van der Waals surface area contributed by atoms with E-state index in [9.17, 15) is 0 Å². The van der Waals surface area contributed by atoms with E-state index in [-0.39, 0.29) is 0 Å². The summed E-state index contributed by atoms with van der Waals surface area (Å²) in [5, 5.41) is 7.65. The molecule has 8 aromatic carbocycles. The Balaban J connectivity index is 1.06. The van der Waals surface area contributed by atoms with E-state index >= 15 is 0 Å². The Morgan fingerprint density at radius 1 is 0.500 bits per heavy atom. The van der Waals surface area contributed by atoms with E-state index in [1.807, 2.05) is 24.4 Å². The molecule has 0 saturated heterocycles. The second kappa shape index (κ2) is 12.4. The zero-order valence-corrected chi connectivity index (χ0v) is 28.3. The van der Waals surface area contributed by atoms with Gasteiger partial charge in [-0.05, 0) is 92.7 Å². The predicted molar refractivity (Wildman–Crippen MR) is 218 cm³/mol. The summed E-state index contributed by atoms with van der Waals surface area (Å²) in [6.45, 7) is 0. The lowest BCUT2D eigenvalue weighted by atomic mass is 9.93. The first-order chi connectivity index (χ1) is 25.8. The fraction of sp³-hybridized carbons (Fsp3) is 0. The van der Waals surface area contributed by atoms with Crippen molar-refractivity contribution in [2.45, 2.75) is 0 Å². The number of hydrogen-bond acceptors (Lipinski definition) is 3. The molecule has 4 heteroatoms. The molecule has 244 valence electrons. The molecule has 0 amide bonds. The second-order valence-corrected chi connectivity index (χ2v) is 13.1. The van der Waals surface area contributed by atoms with Gasteiger partial charge < -0.3 is 4.90 Å². The molecule has 0 N–H and O–H groups in total. The summed E-state index contributed by atoms with van der Waals surface area (Å²) >= 11 is 0. The van der Waals surface area contributed by atoms with E-state index in [2.05, 4.69) is 179 Å². The normalized spacial score (nSPS) is 11.8. The minimum absolute atomic E-state index is 0.820. The van der Waals surface area contributed by atoms with Crippen LogP contribution in [0, 0.1) is 0 Å². The highest BCUT2D eigenvalue weighted by molar-refractivity contribution is 6.25. The van der Waals surface area contributed by atoms with Crippen molar-refractivity contribution in [3.8, 4) is 16.8 Å². The van der Waals surface area contributed by atoms with Crippen LogP contribution in [0.5, 0.6) is 0 Å². The van der Waals surface area contributed by atoms with E-state index < -0.39 is 0 Å². The number of rotatable bonds is 7. The first-order valence-electron chi connectivity index (χ1n) is 17.6. The van der Waals surface area contributed by atoms with Gasteiger partial charge in [0.15, 0.2) is 5.65 Å². The van der Waals surface area contributed by atoms with Crippen LogP contribution < -0.4 is 4.90 Å². The number of aromatic nitrogens is 3. The lowest BCUT2D eigenvalue weighted by Gasteiger charge is -2.27. The number of imidazole rings is 1. The SMILES string of the molecule is C(=C\c1nc2cccnc2n1-c1ccccc1-c1ccccc1)/c1ccc(N(c2ccccc2)c2ccc3ccc4cccc5ccc2c3c45)cc1. The molecule has 0 aliphatic heterocycles. The molecule has 0 spiro atoms. The number of anilines is 3. The van der Waals surface area contributed by atoms with Crippen LogP contribution in [0.25, 0.3) is 72.4 Å². The van der Waals surface area contributed by atoms with Crippen LogP contribution in [0.1, 0.15) is 11.4 Å². The average molecular weight is 665 g/mol. The summed E-state index contributed by atoms with van der Waals surface area (Å²) < 4.78 is 2.16. The molecule has 2 aromatic heterocycles. The van der Waals surface area contributed by atoms with Crippen molar-refractivity contribution in [1.29, 1.82) is 0 Å². The molecule has 0 aliphatic carbocycles. The van der Waals surface area contributed by atoms with Gasteiger partial charge in [0, 0.05) is 28.5 Å². The lowest BCUT2D eigenvalue weighted by molar-refractivity contribution is 1.05. The third-order valence-corrected chi connectivity index (χ3v) is 10.0. The van der Waals surface area contributed by atoms with Crippen LogP contribution >= 0.6 is 0 Å².